The Morgan fingerprint density at radius 3 is 2.25 bits per heavy atom. The van der Waals surface area contributed by atoms with Gasteiger partial charge in [0.25, 0.3) is 0 Å². The molecule has 1 saturated carbocycles. The Balaban J connectivity index is 1.52. The monoisotopic (exact) mass is 322 g/mol. The molecule has 1 aliphatic rings. The molecule has 0 aliphatic heterocycles. The number of nitrogens with two attached hydrogens (primary N) is 1. The third-order valence-electron chi connectivity index (χ3n) is 5.06. The summed E-state index contributed by atoms with van der Waals surface area (Å²) in [5.74, 6) is 0.548. The molecule has 2 aromatic rings. The van der Waals surface area contributed by atoms with Crippen LogP contribution >= 0.6 is 0 Å². The molecule has 0 aromatic heterocycles. The quantitative estimate of drug-likeness (QED) is 0.898. The van der Waals surface area contributed by atoms with Gasteiger partial charge in [-0.1, -0.05) is 60.2 Å². The predicted molar refractivity (Wildman–Crippen MR) is 97.7 cm³/mol. The van der Waals surface area contributed by atoms with Crippen LogP contribution in [-0.4, -0.2) is 11.9 Å². The zero-order chi connectivity index (χ0) is 16.9. The van der Waals surface area contributed by atoms with E-state index in [0.717, 1.165) is 31.2 Å². The fraction of sp³-hybridized carbons (Fsp3) is 0.381. The minimum Gasteiger partial charge on any atom is -0.352 e. The molecule has 24 heavy (non-hydrogen) atoms. The van der Waals surface area contributed by atoms with Gasteiger partial charge in [-0.25, -0.2) is 0 Å². The van der Waals surface area contributed by atoms with Crippen LogP contribution in [0.2, 0.25) is 0 Å². The summed E-state index contributed by atoms with van der Waals surface area (Å²) in [6.45, 7) is 2.03. The standard InChI is InChI=1S/C21H26N2O/c1-15-7-9-18(10-8-15)20(22)21(24)23-19-13-11-17(12-14-19)16-5-3-2-4-6-16/h2-10,17,19-20H,11-14,22H2,1H3,(H,23,24). The maximum absolute atomic E-state index is 12.4. The zero-order valence-corrected chi connectivity index (χ0v) is 14.2. The second-order valence-electron chi connectivity index (χ2n) is 6.86. The highest BCUT2D eigenvalue weighted by Crippen LogP contribution is 2.32. The lowest BCUT2D eigenvalue weighted by molar-refractivity contribution is -0.123. The molecule has 0 spiro atoms. The number of rotatable bonds is 4. The Kier molecular flexibility index (Phi) is 5.31. The Labute approximate surface area is 144 Å². The number of hydrogen-bond donors (Lipinski definition) is 2. The first-order valence-corrected chi connectivity index (χ1v) is 8.81. The van der Waals surface area contributed by atoms with E-state index in [0.29, 0.717) is 5.92 Å². The van der Waals surface area contributed by atoms with Crippen LogP contribution in [-0.2, 0) is 4.79 Å². The van der Waals surface area contributed by atoms with Crippen molar-refractivity contribution < 1.29 is 4.79 Å². The number of amides is 1. The normalized spacial score (nSPS) is 21.9. The Morgan fingerprint density at radius 2 is 1.62 bits per heavy atom. The van der Waals surface area contributed by atoms with Crippen molar-refractivity contribution in [3.63, 3.8) is 0 Å². The van der Waals surface area contributed by atoms with Gasteiger partial charge in [-0.3, -0.25) is 4.79 Å². The molecule has 0 saturated heterocycles. The number of carbonyl (C=O) groups is 1. The number of nitrogens with one attached hydrogen (secondary N) is 1. The summed E-state index contributed by atoms with van der Waals surface area (Å²) < 4.78 is 0. The molecule has 3 nitrogen and oxygen atoms in total. The van der Waals surface area contributed by atoms with Gasteiger partial charge in [-0.05, 0) is 49.7 Å². The summed E-state index contributed by atoms with van der Waals surface area (Å²) in [7, 11) is 0. The second-order valence-corrected chi connectivity index (χ2v) is 6.86. The molecule has 0 heterocycles. The van der Waals surface area contributed by atoms with Crippen molar-refractivity contribution in [2.24, 2.45) is 5.73 Å². The maximum Gasteiger partial charge on any atom is 0.241 e. The van der Waals surface area contributed by atoms with Gasteiger partial charge in [0, 0.05) is 6.04 Å². The fourth-order valence-electron chi connectivity index (χ4n) is 3.51. The van der Waals surface area contributed by atoms with Gasteiger partial charge in [0.15, 0.2) is 0 Å². The molecule has 126 valence electrons. The third kappa shape index (κ3) is 4.04. The molecule has 1 amide bonds. The van der Waals surface area contributed by atoms with Crippen LogP contribution in [0.15, 0.2) is 54.6 Å². The Bertz CT molecular complexity index is 658. The van der Waals surface area contributed by atoms with Crippen molar-refractivity contribution in [3.8, 4) is 0 Å². The molecule has 1 unspecified atom stereocenters. The van der Waals surface area contributed by atoms with E-state index in [9.17, 15) is 4.79 Å². The average Bonchev–Trinajstić information content (AvgIpc) is 2.63. The molecule has 1 aliphatic carbocycles. The van der Waals surface area contributed by atoms with E-state index in [-0.39, 0.29) is 11.9 Å². The topological polar surface area (TPSA) is 55.1 Å². The molecule has 2 aromatic carbocycles. The largest absolute Gasteiger partial charge is 0.352 e. The summed E-state index contributed by atoms with van der Waals surface area (Å²) in [5, 5.41) is 3.14. The molecule has 3 rings (SSSR count). The number of hydrogen-bond acceptors (Lipinski definition) is 2. The fourth-order valence-corrected chi connectivity index (χ4v) is 3.51. The van der Waals surface area contributed by atoms with Crippen molar-refractivity contribution in [2.45, 2.75) is 50.6 Å². The van der Waals surface area contributed by atoms with Crippen LogP contribution in [0.3, 0.4) is 0 Å². The molecular weight excluding hydrogens is 296 g/mol. The summed E-state index contributed by atoms with van der Waals surface area (Å²) in [6.07, 6.45) is 4.28. The highest BCUT2D eigenvalue weighted by Gasteiger charge is 2.25. The lowest BCUT2D eigenvalue weighted by Crippen LogP contribution is -2.42. The molecule has 0 bridgehead atoms. The van der Waals surface area contributed by atoms with Crippen molar-refractivity contribution >= 4 is 5.91 Å². The van der Waals surface area contributed by atoms with Gasteiger partial charge >= 0.3 is 0 Å². The summed E-state index contributed by atoms with van der Waals surface area (Å²) in [5.41, 5.74) is 9.57. The number of carbonyl (C=O) groups excluding carboxylic acids is 1. The van der Waals surface area contributed by atoms with Crippen molar-refractivity contribution in [1.82, 2.24) is 5.32 Å². The highest BCUT2D eigenvalue weighted by molar-refractivity contribution is 5.83. The van der Waals surface area contributed by atoms with E-state index in [1.54, 1.807) is 0 Å². The summed E-state index contributed by atoms with van der Waals surface area (Å²) in [6, 6.07) is 18.2. The van der Waals surface area contributed by atoms with Crippen molar-refractivity contribution in [2.75, 3.05) is 0 Å². The predicted octanol–water partition coefficient (Wildman–Crippen LogP) is 3.84. The lowest BCUT2D eigenvalue weighted by atomic mass is 9.81. The van der Waals surface area contributed by atoms with Crippen molar-refractivity contribution in [1.29, 1.82) is 0 Å². The van der Waals surface area contributed by atoms with Gasteiger partial charge in [-0.2, -0.15) is 0 Å². The first-order chi connectivity index (χ1) is 11.6. The molecular formula is C21H26N2O. The Morgan fingerprint density at radius 1 is 1.00 bits per heavy atom. The molecule has 1 atom stereocenters. The van der Waals surface area contributed by atoms with Crippen molar-refractivity contribution in [3.05, 3.63) is 71.3 Å². The SMILES string of the molecule is Cc1ccc(C(N)C(=O)NC2CCC(c3ccccc3)CC2)cc1. The smallest absolute Gasteiger partial charge is 0.241 e. The van der Waals surface area contributed by atoms with Crippen LogP contribution in [0.5, 0.6) is 0 Å². The van der Waals surface area contributed by atoms with Crippen LogP contribution in [0.4, 0.5) is 0 Å². The lowest BCUT2D eigenvalue weighted by Gasteiger charge is -2.30. The van der Waals surface area contributed by atoms with E-state index < -0.39 is 6.04 Å². The van der Waals surface area contributed by atoms with Gasteiger partial charge < -0.3 is 11.1 Å². The van der Waals surface area contributed by atoms with Crippen LogP contribution in [0.1, 0.15) is 54.3 Å². The van der Waals surface area contributed by atoms with E-state index in [2.05, 4.69) is 35.6 Å². The van der Waals surface area contributed by atoms with Crippen LogP contribution < -0.4 is 11.1 Å². The van der Waals surface area contributed by atoms with E-state index in [4.69, 9.17) is 5.73 Å². The summed E-state index contributed by atoms with van der Waals surface area (Å²) >= 11 is 0. The molecule has 3 heteroatoms. The molecule has 3 N–H and O–H groups in total. The van der Waals surface area contributed by atoms with Crippen LogP contribution in [0, 0.1) is 6.92 Å². The Hall–Kier alpha value is -2.13. The minimum atomic E-state index is -0.586. The van der Waals surface area contributed by atoms with Gasteiger partial charge in [0.2, 0.25) is 5.91 Å². The van der Waals surface area contributed by atoms with E-state index in [1.807, 2.05) is 31.2 Å². The summed E-state index contributed by atoms with van der Waals surface area (Å²) in [4.78, 5) is 12.4. The highest BCUT2D eigenvalue weighted by atomic mass is 16.2. The first-order valence-electron chi connectivity index (χ1n) is 8.81. The number of benzene rings is 2. The second kappa shape index (κ2) is 7.63. The van der Waals surface area contributed by atoms with Gasteiger partial charge in [0.1, 0.15) is 6.04 Å². The van der Waals surface area contributed by atoms with Crippen LogP contribution in [0.25, 0.3) is 0 Å². The molecule has 1 fully saturated rings. The zero-order valence-electron chi connectivity index (χ0n) is 14.2. The minimum absolute atomic E-state index is 0.0676. The van der Waals surface area contributed by atoms with E-state index in [1.165, 1.54) is 11.1 Å². The maximum atomic E-state index is 12.4. The first kappa shape index (κ1) is 16.7. The van der Waals surface area contributed by atoms with Gasteiger partial charge in [0.05, 0.1) is 0 Å². The molecule has 0 radical (unpaired) electrons. The van der Waals surface area contributed by atoms with Gasteiger partial charge in [-0.15, -0.1) is 0 Å². The number of aryl methyl sites for hydroxylation is 1. The van der Waals surface area contributed by atoms with E-state index >= 15 is 0 Å². The third-order valence-corrected chi connectivity index (χ3v) is 5.06. The average molecular weight is 322 g/mol.